The van der Waals surface area contributed by atoms with Crippen LogP contribution in [0.2, 0.25) is 5.15 Å². The zero-order chi connectivity index (χ0) is 16.4. The van der Waals surface area contributed by atoms with Crippen LogP contribution in [0, 0.1) is 0 Å². The third-order valence-corrected chi connectivity index (χ3v) is 3.74. The summed E-state index contributed by atoms with van der Waals surface area (Å²) in [5, 5.41) is 22.0. The second-order valence-corrected chi connectivity index (χ2v) is 5.60. The van der Waals surface area contributed by atoms with E-state index in [-0.39, 0.29) is 11.6 Å². The summed E-state index contributed by atoms with van der Waals surface area (Å²) in [7, 11) is 1.75. The van der Waals surface area contributed by atoms with Crippen LogP contribution in [0.3, 0.4) is 0 Å². The maximum absolute atomic E-state index is 9.45. The van der Waals surface area contributed by atoms with Crippen LogP contribution in [0.15, 0.2) is 35.0 Å². The summed E-state index contributed by atoms with van der Waals surface area (Å²) in [6.07, 6.45) is 1.93. The number of phenols is 1. The molecule has 1 heterocycles. The van der Waals surface area contributed by atoms with Gasteiger partial charge in [0.15, 0.2) is 5.84 Å². The van der Waals surface area contributed by atoms with Crippen LogP contribution >= 0.6 is 11.6 Å². The van der Waals surface area contributed by atoms with E-state index in [4.69, 9.17) is 22.5 Å². The SMILES string of the molecule is CC(C)=Cc1c(-c2ccc(O)cc2)c(Cl)n(C)c1C(N)=NO. The molecule has 0 unspecified atom stereocenters. The van der Waals surface area contributed by atoms with E-state index in [9.17, 15) is 5.11 Å². The molecule has 0 amide bonds. The lowest BCUT2D eigenvalue weighted by Gasteiger charge is -2.05. The average molecular weight is 320 g/mol. The molecule has 116 valence electrons. The molecule has 0 fully saturated rings. The van der Waals surface area contributed by atoms with E-state index in [0.717, 1.165) is 22.3 Å². The lowest BCUT2D eigenvalue weighted by Crippen LogP contribution is -2.18. The molecule has 22 heavy (non-hydrogen) atoms. The first-order valence-corrected chi connectivity index (χ1v) is 7.05. The zero-order valence-corrected chi connectivity index (χ0v) is 13.4. The van der Waals surface area contributed by atoms with E-state index in [1.807, 2.05) is 19.9 Å². The highest BCUT2D eigenvalue weighted by molar-refractivity contribution is 6.33. The van der Waals surface area contributed by atoms with Gasteiger partial charge in [-0.1, -0.05) is 40.5 Å². The van der Waals surface area contributed by atoms with Crippen molar-refractivity contribution in [3.8, 4) is 16.9 Å². The van der Waals surface area contributed by atoms with Gasteiger partial charge in [0.25, 0.3) is 0 Å². The molecule has 6 heteroatoms. The number of halogens is 1. The Bertz CT molecular complexity index is 755. The highest BCUT2D eigenvalue weighted by atomic mass is 35.5. The van der Waals surface area contributed by atoms with Crippen LogP contribution in [0.25, 0.3) is 17.2 Å². The number of aromatic hydroxyl groups is 1. The largest absolute Gasteiger partial charge is 0.508 e. The van der Waals surface area contributed by atoms with Gasteiger partial charge >= 0.3 is 0 Å². The first-order chi connectivity index (χ1) is 10.4. The minimum Gasteiger partial charge on any atom is -0.508 e. The molecule has 5 nitrogen and oxygen atoms in total. The molecule has 2 aromatic rings. The third kappa shape index (κ3) is 2.80. The van der Waals surface area contributed by atoms with Gasteiger partial charge in [-0.3, -0.25) is 0 Å². The molecule has 0 saturated heterocycles. The van der Waals surface area contributed by atoms with Gasteiger partial charge in [-0.25, -0.2) is 0 Å². The predicted molar refractivity (Wildman–Crippen MR) is 89.4 cm³/mol. The van der Waals surface area contributed by atoms with Crippen LogP contribution in [0.4, 0.5) is 0 Å². The molecule has 0 aliphatic heterocycles. The molecular weight excluding hydrogens is 302 g/mol. The molecular formula is C16H18ClN3O2. The summed E-state index contributed by atoms with van der Waals surface area (Å²) < 4.78 is 1.67. The van der Waals surface area contributed by atoms with Gasteiger partial charge in [-0.05, 0) is 31.5 Å². The third-order valence-electron chi connectivity index (χ3n) is 3.30. The molecule has 0 saturated carbocycles. The summed E-state index contributed by atoms with van der Waals surface area (Å²) in [6, 6.07) is 6.73. The van der Waals surface area contributed by atoms with Gasteiger partial charge in [0.1, 0.15) is 10.9 Å². The number of hydrogen-bond acceptors (Lipinski definition) is 3. The summed E-state index contributed by atoms with van der Waals surface area (Å²) in [5.41, 5.74) is 9.77. The van der Waals surface area contributed by atoms with Crippen molar-refractivity contribution >= 4 is 23.5 Å². The van der Waals surface area contributed by atoms with Crippen LogP contribution in [0.1, 0.15) is 25.1 Å². The molecule has 0 aliphatic carbocycles. The first kappa shape index (κ1) is 16.0. The fourth-order valence-electron chi connectivity index (χ4n) is 2.37. The van der Waals surface area contributed by atoms with Crippen molar-refractivity contribution in [2.24, 2.45) is 17.9 Å². The van der Waals surface area contributed by atoms with Crippen LogP contribution in [-0.2, 0) is 7.05 Å². The van der Waals surface area contributed by atoms with E-state index < -0.39 is 0 Å². The Balaban J connectivity index is 2.83. The Labute approximate surface area is 133 Å². The molecule has 4 N–H and O–H groups in total. The summed E-state index contributed by atoms with van der Waals surface area (Å²) in [5.74, 6) is 0.165. The van der Waals surface area contributed by atoms with Crippen LogP contribution < -0.4 is 5.73 Å². The maximum atomic E-state index is 9.45. The molecule has 1 aromatic heterocycles. The lowest BCUT2D eigenvalue weighted by molar-refractivity contribution is 0.318. The Hall–Kier alpha value is -2.40. The average Bonchev–Trinajstić information content (AvgIpc) is 2.70. The Morgan fingerprint density at radius 3 is 2.36 bits per heavy atom. The Morgan fingerprint density at radius 2 is 1.86 bits per heavy atom. The van der Waals surface area contributed by atoms with Crippen molar-refractivity contribution in [1.82, 2.24) is 4.57 Å². The van der Waals surface area contributed by atoms with E-state index >= 15 is 0 Å². The van der Waals surface area contributed by atoms with Crippen molar-refractivity contribution in [2.75, 3.05) is 0 Å². The fraction of sp³-hybridized carbons (Fsp3) is 0.188. The normalized spacial score (nSPS) is 11.5. The van der Waals surface area contributed by atoms with Gasteiger partial charge in [0, 0.05) is 18.2 Å². The molecule has 0 atom stereocenters. The summed E-state index contributed by atoms with van der Waals surface area (Å²) >= 11 is 6.46. The van der Waals surface area contributed by atoms with E-state index in [2.05, 4.69) is 5.16 Å². The number of oxime groups is 1. The maximum Gasteiger partial charge on any atom is 0.187 e. The van der Waals surface area contributed by atoms with Gasteiger partial charge in [-0.15, -0.1) is 0 Å². The standard InChI is InChI=1S/C16H18ClN3O2/c1-9(2)8-12-13(10-4-6-11(21)7-5-10)15(17)20(3)14(12)16(18)19-22/h4-8,21-22H,1-3H3,(H2,18,19). The molecule has 0 bridgehead atoms. The number of amidine groups is 1. The molecule has 0 spiro atoms. The first-order valence-electron chi connectivity index (χ1n) is 6.67. The Morgan fingerprint density at radius 1 is 1.27 bits per heavy atom. The second-order valence-electron chi connectivity index (χ2n) is 5.24. The molecule has 1 aromatic carbocycles. The Kier molecular flexibility index (Phi) is 4.47. The van der Waals surface area contributed by atoms with Crippen molar-refractivity contribution in [3.63, 3.8) is 0 Å². The summed E-state index contributed by atoms with van der Waals surface area (Å²) in [4.78, 5) is 0. The second kappa shape index (κ2) is 6.15. The number of phenolic OH excluding ortho intramolecular Hbond substituents is 1. The van der Waals surface area contributed by atoms with Crippen LogP contribution in [0.5, 0.6) is 5.75 Å². The van der Waals surface area contributed by atoms with Gasteiger partial charge < -0.3 is 20.6 Å². The molecule has 2 rings (SSSR count). The number of aromatic nitrogens is 1. The smallest absolute Gasteiger partial charge is 0.187 e. The van der Waals surface area contributed by atoms with Crippen molar-refractivity contribution in [3.05, 3.63) is 46.2 Å². The highest BCUT2D eigenvalue weighted by Gasteiger charge is 2.22. The van der Waals surface area contributed by atoms with Gasteiger partial charge in [-0.2, -0.15) is 0 Å². The number of hydrogen-bond donors (Lipinski definition) is 3. The van der Waals surface area contributed by atoms with Gasteiger partial charge in [0.05, 0.1) is 5.69 Å². The number of nitrogens with two attached hydrogens (primary N) is 1. The lowest BCUT2D eigenvalue weighted by atomic mass is 10.0. The van der Waals surface area contributed by atoms with E-state index in [1.54, 1.807) is 35.9 Å². The molecule has 0 aliphatic rings. The van der Waals surface area contributed by atoms with Crippen molar-refractivity contribution < 1.29 is 10.3 Å². The van der Waals surface area contributed by atoms with E-state index in [0.29, 0.717) is 10.8 Å². The minimum absolute atomic E-state index is 0.0121. The monoisotopic (exact) mass is 319 g/mol. The topological polar surface area (TPSA) is 83.8 Å². The van der Waals surface area contributed by atoms with Crippen molar-refractivity contribution in [1.29, 1.82) is 0 Å². The number of benzene rings is 1. The number of rotatable bonds is 3. The van der Waals surface area contributed by atoms with Crippen LogP contribution in [-0.4, -0.2) is 20.7 Å². The minimum atomic E-state index is -0.0121. The molecule has 0 radical (unpaired) electrons. The van der Waals surface area contributed by atoms with Gasteiger partial charge in [0.2, 0.25) is 0 Å². The predicted octanol–water partition coefficient (Wildman–Crippen LogP) is 3.57. The summed E-state index contributed by atoms with van der Waals surface area (Å²) in [6.45, 7) is 3.91. The number of nitrogens with zero attached hydrogens (tertiary/aromatic N) is 2. The highest BCUT2D eigenvalue weighted by Crippen LogP contribution is 2.37. The fourth-order valence-corrected chi connectivity index (χ4v) is 2.66. The quantitative estimate of drug-likeness (QED) is 0.350. The van der Waals surface area contributed by atoms with Crippen molar-refractivity contribution in [2.45, 2.75) is 13.8 Å². The van der Waals surface area contributed by atoms with E-state index in [1.165, 1.54) is 0 Å². The number of allylic oxidation sites excluding steroid dienone is 1. The zero-order valence-electron chi connectivity index (χ0n) is 12.6.